The summed E-state index contributed by atoms with van der Waals surface area (Å²) in [6, 6.07) is 2.52. The molecule has 1 unspecified atom stereocenters. The molecule has 0 bridgehead atoms. The quantitative estimate of drug-likeness (QED) is 0.674. The topological polar surface area (TPSA) is 37.0 Å². The van der Waals surface area contributed by atoms with Crippen LogP contribution in [-0.2, 0) is 0 Å². The predicted molar refractivity (Wildman–Crippen MR) is 102 cm³/mol. The van der Waals surface area contributed by atoms with Crippen LogP contribution in [0.2, 0.25) is 0 Å². The van der Waals surface area contributed by atoms with Gasteiger partial charge in [0, 0.05) is 36.5 Å². The lowest BCUT2D eigenvalue weighted by Crippen LogP contribution is -2.24. The van der Waals surface area contributed by atoms with Crippen LogP contribution in [0.3, 0.4) is 0 Å². The maximum absolute atomic E-state index is 4.61. The Kier molecular flexibility index (Phi) is 6.45. The smallest absolute Gasteiger partial charge is 0.135 e. The van der Waals surface area contributed by atoms with E-state index in [9.17, 15) is 0 Å². The lowest BCUT2D eigenvalue weighted by Gasteiger charge is -2.26. The molecular weight excluding hydrogens is 282 g/mol. The van der Waals surface area contributed by atoms with Crippen molar-refractivity contribution < 1.29 is 0 Å². The summed E-state index contributed by atoms with van der Waals surface area (Å²) in [7, 11) is 1.94. The number of pyridine rings is 1. The Morgan fingerprint density at radius 3 is 2.70 bits per heavy atom. The van der Waals surface area contributed by atoms with Gasteiger partial charge >= 0.3 is 0 Å². The fourth-order valence-corrected chi connectivity index (χ4v) is 3.26. The van der Waals surface area contributed by atoms with Gasteiger partial charge in [-0.15, -0.1) is 6.58 Å². The SMILES string of the molecule is C=CC(/C=C\C)C(=C)c1c(NC)ccnc1NC1CCCCC1. The third kappa shape index (κ3) is 4.25. The number of anilines is 2. The van der Waals surface area contributed by atoms with Crippen molar-refractivity contribution in [2.75, 3.05) is 17.7 Å². The Hall–Kier alpha value is -2.03. The van der Waals surface area contributed by atoms with Gasteiger partial charge in [-0.05, 0) is 31.4 Å². The van der Waals surface area contributed by atoms with Gasteiger partial charge in [0.1, 0.15) is 5.82 Å². The van der Waals surface area contributed by atoms with Gasteiger partial charge in [-0.2, -0.15) is 0 Å². The lowest BCUT2D eigenvalue weighted by atomic mass is 9.91. The average molecular weight is 311 g/mol. The molecule has 23 heavy (non-hydrogen) atoms. The Balaban J connectivity index is 2.34. The van der Waals surface area contributed by atoms with E-state index in [4.69, 9.17) is 0 Å². The second kappa shape index (κ2) is 8.56. The lowest BCUT2D eigenvalue weighted by molar-refractivity contribution is 0.462. The number of aromatic nitrogens is 1. The largest absolute Gasteiger partial charge is 0.387 e. The van der Waals surface area contributed by atoms with Crippen LogP contribution in [-0.4, -0.2) is 18.1 Å². The van der Waals surface area contributed by atoms with E-state index in [0.717, 1.165) is 22.6 Å². The molecule has 0 saturated heterocycles. The van der Waals surface area contributed by atoms with Gasteiger partial charge in [-0.1, -0.05) is 44.1 Å². The van der Waals surface area contributed by atoms with Crippen LogP contribution in [0, 0.1) is 5.92 Å². The predicted octanol–water partition coefficient (Wildman–Crippen LogP) is 5.26. The molecule has 1 aromatic heterocycles. The van der Waals surface area contributed by atoms with Gasteiger partial charge in [0.2, 0.25) is 0 Å². The molecule has 2 rings (SSSR count). The first-order valence-corrected chi connectivity index (χ1v) is 8.59. The highest BCUT2D eigenvalue weighted by molar-refractivity contribution is 5.84. The molecule has 1 aliphatic carbocycles. The van der Waals surface area contributed by atoms with Crippen LogP contribution in [0.1, 0.15) is 44.6 Å². The Morgan fingerprint density at radius 2 is 2.09 bits per heavy atom. The highest BCUT2D eigenvalue weighted by Crippen LogP contribution is 2.35. The van der Waals surface area contributed by atoms with E-state index in [-0.39, 0.29) is 5.92 Å². The first-order valence-electron chi connectivity index (χ1n) is 8.59. The summed E-state index contributed by atoms with van der Waals surface area (Å²) in [6.07, 6.45) is 14.3. The number of hydrogen-bond donors (Lipinski definition) is 2. The molecule has 3 nitrogen and oxygen atoms in total. The summed E-state index contributed by atoms with van der Waals surface area (Å²) in [4.78, 5) is 4.61. The summed E-state index contributed by atoms with van der Waals surface area (Å²) in [6.45, 7) is 10.3. The molecule has 1 atom stereocenters. The molecule has 1 saturated carbocycles. The molecule has 0 amide bonds. The van der Waals surface area contributed by atoms with E-state index in [1.54, 1.807) is 0 Å². The normalized spacial score (nSPS) is 17.0. The third-order valence-corrected chi connectivity index (χ3v) is 4.54. The van der Waals surface area contributed by atoms with E-state index in [1.165, 1.54) is 32.1 Å². The minimum Gasteiger partial charge on any atom is -0.387 e. The van der Waals surface area contributed by atoms with Crippen LogP contribution in [0.4, 0.5) is 11.5 Å². The van der Waals surface area contributed by atoms with Crippen LogP contribution < -0.4 is 10.6 Å². The molecule has 0 spiro atoms. The average Bonchev–Trinajstić information content (AvgIpc) is 2.59. The number of nitrogens with one attached hydrogen (secondary N) is 2. The van der Waals surface area contributed by atoms with Crippen molar-refractivity contribution in [2.45, 2.75) is 45.1 Å². The maximum atomic E-state index is 4.61. The fraction of sp³-hybridized carbons (Fsp3) is 0.450. The van der Waals surface area contributed by atoms with Crippen molar-refractivity contribution in [3.63, 3.8) is 0 Å². The zero-order valence-electron chi connectivity index (χ0n) is 14.4. The summed E-state index contributed by atoms with van der Waals surface area (Å²) in [5.41, 5.74) is 3.15. The zero-order valence-corrected chi connectivity index (χ0v) is 14.4. The van der Waals surface area contributed by atoms with Crippen molar-refractivity contribution in [1.29, 1.82) is 0 Å². The second-order valence-corrected chi connectivity index (χ2v) is 6.12. The minimum absolute atomic E-state index is 0.114. The zero-order chi connectivity index (χ0) is 16.7. The Morgan fingerprint density at radius 1 is 1.35 bits per heavy atom. The number of hydrogen-bond acceptors (Lipinski definition) is 3. The third-order valence-electron chi connectivity index (χ3n) is 4.54. The molecule has 3 heteroatoms. The van der Waals surface area contributed by atoms with Crippen molar-refractivity contribution in [2.24, 2.45) is 5.92 Å². The highest BCUT2D eigenvalue weighted by Gasteiger charge is 2.20. The van der Waals surface area contributed by atoms with Gasteiger partial charge in [0.25, 0.3) is 0 Å². The summed E-state index contributed by atoms with van der Waals surface area (Å²) >= 11 is 0. The molecule has 0 aromatic carbocycles. The Labute approximate surface area is 140 Å². The van der Waals surface area contributed by atoms with Crippen LogP contribution in [0.25, 0.3) is 5.57 Å². The first kappa shape index (κ1) is 17.3. The van der Waals surface area contributed by atoms with Crippen LogP contribution in [0.15, 0.2) is 43.6 Å². The summed E-state index contributed by atoms with van der Waals surface area (Å²) < 4.78 is 0. The molecule has 2 N–H and O–H groups in total. The van der Waals surface area contributed by atoms with Crippen molar-refractivity contribution >= 4 is 17.1 Å². The Bertz CT molecular complexity index is 568. The highest BCUT2D eigenvalue weighted by atomic mass is 15.0. The van der Waals surface area contributed by atoms with E-state index in [2.05, 4.69) is 34.9 Å². The van der Waals surface area contributed by atoms with Crippen LogP contribution in [0.5, 0.6) is 0 Å². The van der Waals surface area contributed by atoms with Gasteiger partial charge < -0.3 is 10.6 Å². The van der Waals surface area contributed by atoms with Gasteiger partial charge in [0.15, 0.2) is 0 Å². The van der Waals surface area contributed by atoms with Gasteiger partial charge in [-0.25, -0.2) is 4.98 Å². The van der Waals surface area contributed by atoms with E-state index < -0.39 is 0 Å². The molecule has 1 heterocycles. The van der Waals surface area contributed by atoms with E-state index >= 15 is 0 Å². The molecule has 124 valence electrons. The maximum Gasteiger partial charge on any atom is 0.135 e. The molecule has 0 radical (unpaired) electrons. The molecule has 1 aromatic rings. The van der Waals surface area contributed by atoms with Gasteiger partial charge in [-0.3, -0.25) is 0 Å². The summed E-state index contributed by atoms with van der Waals surface area (Å²) in [5.74, 6) is 1.05. The van der Waals surface area contributed by atoms with E-state index in [0.29, 0.717) is 6.04 Å². The van der Waals surface area contributed by atoms with Crippen LogP contribution >= 0.6 is 0 Å². The molecular formula is C20H29N3. The van der Waals surface area contributed by atoms with Crippen molar-refractivity contribution in [3.8, 4) is 0 Å². The molecule has 1 aliphatic rings. The standard InChI is InChI=1S/C20H29N3/c1-5-10-16(6-2)15(3)19-18(21-4)13-14-22-20(19)23-17-11-8-7-9-12-17/h5-6,10,13-14,16-17H,2-3,7-9,11-12H2,1,4H3,(H2,21,22,23)/b10-5-. The van der Waals surface area contributed by atoms with Gasteiger partial charge in [0.05, 0.1) is 0 Å². The molecule has 0 aliphatic heterocycles. The number of nitrogens with zero attached hydrogens (tertiary/aromatic N) is 1. The fourth-order valence-electron chi connectivity index (χ4n) is 3.26. The number of allylic oxidation sites excluding steroid dienone is 4. The summed E-state index contributed by atoms with van der Waals surface area (Å²) in [5, 5.41) is 6.93. The first-order chi connectivity index (χ1) is 11.2. The monoisotopic (exact) mass is 311 g/mol. The van der Waals surface area contributed by atoms with Crippen molar-refractivity contribution in [3.05, 3.63) is 49.2 Å². The second-order valence-electron chi connectivity index (χ2n) is 6.12. The van der Waals surface area contributed by atoms with E-state index in [1.807, 2.05) is 38.4 Å². The molecule has 1 fully saturated rings. The van der Waals surface area contributed by atoms with Crippen molar-refractivity contribution in [1.82, 2.24) is 4.98 Å². The minimum atomic E-state index is 0.114. The number of rotatable bonds is 7.